The highest BCUT2D eigenvalue weighted by molar-refractivity contribution is 5.50. The molecule has 2 N–H and O–H groups in total. The second kappa shape index (κ2) is 5.77. The minimum absolute atomic E-state index is 0.205. The number of hydrogen-bond donors (Lipinski definition) is 1. The first-order valence-corrected chi connectivity index (χ1v) is 5.97. The van der Waals surface area contributed by atoms with Gasteiger partial charge in [0, 0.05) is 30.5 Å². The molecule has 1 fully saturated rings. The van der Waals surface area contributed by atoms with Crippen LogP contribution in [0.5, 0.6) is 11.5 Å². The molecule has 17 heavy (non-hydrogen) atoms. The third-order valence-corrected chi connectivity index (χ3v) is 2.85. The van der Waals surface area contributed by atoms with Crippen LogP contribution in [0.1, 0.15) is 19.3 Å². The Bertz CT molecular complexity index is 362. The SMILES string of the molecule is COc1cc(N)cc(OCC2CCCCO2)c1. The van der Waals surface area contributed by atoms with Crippen molar-refractivity contribution in [1.82, 2.24) is 0 Å². The first-order valence-electron chi connectivity index (χ1n) is 5.97. The molecular formula is C13H19NO3. The summed E-state index contributed by atoms with van der Waals surface area (Å²) in [7, 11) is 1.61. The zero-order valence-electron chi connectivity index (χ0n) is 10.1. The van der Waals surface area contributed by atoms with Gasteiger partial charge in [0.1, 0.15) is 18.1 Å². The van der Waals surface area contributed by atoms with Gasteiger partial charge >= 0.3 is 0 Å². The van der Waals surface area contributed by atoms with E-state index in [0.717, 1.165) is 25.2 Å². The molecule has 0 bridgehead atoms. The summed E-state index contributed by atoms with van der Waals surface area (Å²) in [6, 6.07) is 5.40. The molecule has 1 atom stereocenters. The van der Waals surface area contributed by atoms with Gasteiger partial charge in [-0.15, -0.1) is 0 Å². The smallest absolute Gasteiger partial charge is 0.125 e. The molecule has 1 aromatic rings. The molecule has 4 nitrogen and oxygen atoms in total. The van der Waals surface area contributed by atoms with Crippen LogP contribution in [0.25, 0.3) is 0 Å². The topological polar surface area (TPSA) is 53.7 Å². The number of ether oxygens (including phenoxy) is 3. The summed E-state index contributed by atoms with van der Waals surface area (Å²) in [6.07, 6.45) is 3.65. The Labute approximate surface area is 102 Å². The molecule has 0 radical (unpaired) electrons. The van der Waals surface area contributed by atoms with E-state index in [1.165, 1.54) is 6.42 Å². The minimum atomic E-state index is 0.205. The van der Waals surface area contributed by atoms with Gasteiger partial charge in [-0.25, -0.2) is 0 Å². The lowest BCUT2D eigenvalue weighted by Gasteiger charge is -2.22. The molecule has 1 aliphatic rings. The van der Waals surface area contributed by atoms with Crippen molar-refractivity contribution in [2.45, 2.75) is 25.4 Å². The van der Waals surface area contributed by atoms with Crippen LogP contribution in [0.3, 0.4) is 0 Å². The average Bonchev–Trinajstić information content (AvgIpc) is 2.37. The first kappa shape index (κ1) is 12.0. The predicted molar refractivity (Wildman–Crippen MR) is 66.5 cm³/mol. The van der Waals surface area contributed by atoms with Crippen molar-refractivity contribution in [3.8, 4) is 11.5 Å². The lowest BCUT2D eigenvalue weighted by molar-refractivity contribution is -0.0110. The van der Waals surface area contributed by atoms with E-state index >= 15 is 0 Å². The van der Waals surface area contributed by atoms with Gasteiger partial charge < -0.3 is 19.9 Å². The summed E-state index contributed by atoms with van der Waals surface area (Å²) < 4.78 is 16.4. The van der Waals surface area contributed by atoms with Gasteiger partial charge in [-0.3, -0.25) is 0 Å². The van der Waals surface area contributed by atoms with Crippen molar-refractivity contribution >= 4 is 5.69 Å². The van der Waals surface area contributed by atoms with Crippen LogP contribution in [0.15, 0.2) is 18.2 Å². The van der Waals surface area contributed by atoms with Gasteiger partial charge in [0.2, 0.25) is 0 Å². The Morgan fingerprint density at radius 3 is 2.82 bits per heavy atom. The van der Waals surface area contributed by atoms with Crippen molar-refractivity contribution in [1.29, 1.82) is 0 Å². The molecule has 1 heterocycles. The fraction of sp³-hybridized carbons (Fsp3) is 0.538. The molecule has 94 valence electrons. The molecule has 0 aromatic heterocycles. The Kier molecular flexibility index (Phi) is 4.09. The van der Waals surface area contributed by atoms with Gasteiger partial charge in [0.05, 0.1) is 13.2 Å². The van der Waals surface area contributed by atoms with Crippen LogP contribution in [0.4, 0.5) is 5.69 Å². The van der Waals surface area contributed by atoms with E-state index in [9.17, 15) is 0 Å². The molecule has 0 amide bonds. The molecule has 4 heteroatoms. The molecule has 1 aromatic carbocycles. The summed E-state index contributed by atoms with van der Waals surface area (Å²) in [4.78, 5) is 0. The van der Waals surface area contributed by atoms with Crippen LogP contribution in [-0.4, -0.2) is 26.4 Å². The lowest BCUT2D eigenvalue weighted by Crippen LogP contribution is -2.25. The average molecular weight is 237 g/mol. The fourth-order valence-corrected chi connectivity index (χ4v) is 1.92. The third-order valence-electron chi connectivity index (χ3n) is 2.85. The molecule has 0 saturated carbocycles. The minimum Gasteiger partial charge on any atom is -0.497 e. The van der Waals surface area contributed by atoms with E-state index in [1.54, 1.807) is 19.2 Å². The van der Waals surface area contributed by atoms with E-state index in [4.69, 9.17) is 19.9 Å². The van der Waals surface area contributed by atoms with E-state index in [1.807, 2.05) is 6.07 Å². The third kappa shape index (κ3) is 3.53. The van der Waals surface area contributed by atoms with E-state index in [-0.39, 0.29) is 6.10 Å². The predicted octanol–water partition coefficient (Wildman–Crippen LogP) is 2.23. The molecule has 1 unspecified atom stereocenters. The van der Waals surface area contributed by atoms with Crippen molar-refractivity contribution in [3.63, 3.8) is 0 Å². The molecule has 2 rings (SSSR count). The normalized spacial score (nSPS) is 19.9. The summed E-state index contributed by atoms with van der Waals surface area (Å²) in [5, 5.41) is 0. The monoisotopic (exact) mass is 237 g/mol. The molecule has 1 saturated heterocycles. The van der Waals surface area contributed by atoms with Crippen molar-refractivity contribution < 1.29 is 14.2 Å². The maximum Gasteiger partial charge on any atom is 0.125 e. The van der Waals surface area contributed by atoms with Crippen LogP contribution in [0.2, 0.25) is 0 Å². The van der Waals surface area contributed by atoms with Gasteiger partial charge in [-0.05, 0) is 19.3 Å². The largest absolute Gasteiger partial charge is 0.497 e. The summed E-state index contributed by atoms with van der Waals surface area (Å²) in [6.45, 7) is 1.42. The second-order valence-corrected chi connectivity index (χ2v) is 4.24. The van der Waals surface area contributed by atoms with Crippen LogP contribution >= 0.6 is 0 Å². The first-order chi connectivity index (χ1) is 8.28. The molecule has 0 aliphatic carbocycles. The highest BCUT2D eigenvalue weighted by atomic mass is 16.5. The molecule has 1 aliphatic heterocycles. The second-order valence-electron chi connectivity index (χ2n) is 4.24. The maximum absolute atomic E-state index is 5.75. The van der Waals surface area contributed by atoms with Crippen LogP contribution in [0, 0.1) is 0 Å². The fourth-order valence-electron chi connectivity index (χ4n) is 1.92. The number of hydrogen-bond acceptors (Lipinski definition) is 4. The number of nitrogen functional groups attached to an aromatic ring is 1. The van der Waals surface area contributed by atoms with Crippen molar-refractivity contribution in [2.24, 2.45) is 0 Å². The highest BCUT2D eigenvalue weighted by Crippen LogP contribution is 2.24. The quantitative estimate of drug-likeness (QED) is 0.816. The van der Waals surface area contributed by atoms with Crippen molar-refractivity contribution in [3.05, 3.63) is 18.2 Å². The Morgan fingerprint density at radius 2 is 2.12 bits per heavy atom. The number of rotatable bonds is 4. The summed E-state index contributed by atoms with van der Waals surface area (Å²) >= 11 is 0. The van der Waals surface area contributed by atoms with Gasteiger partial charge in [-0.2, -0.15) is 0 Å². The molecule has 0 spiro atoms. The lowest BCUT2D eigenvalue weighted by atomic mass is 10.1. The Morgan fingerprint density at radius 1 is 1.29 bits per heavy atom. The zero-order chi connectivity index (χ0) is 12.1. The number of anilines is 1. The van der Waals surface area contributed by atoms with Crippen LogP contribution < -0.4 is 15.2 Å². The number of methoxy groups -OCH3 is 1. The van der Waals surface area contributed by atoms with Gasteiger partial charge in [-0.1, -0.05) is 0 Å². The van der Waals surface area contributed by atoms with Gasteiger partial charge in [0.25, 0.3) is 0 Å². The van der Waals surface area contributed by atoms with Crippen LogP contribution in [-0.2, 0) is 4.74 Å². The number of nitrogens with two attached hydrogens (primary N) is 1. The van der Waals surface area contributed by atoms with E-state index in [0.29, 0.717) is 18.0 Å². The zero-order valence-corrected chi connectivity index (χ0v) is 10.1. The molecular weight excluding hydrogens is 218 g/mol. The Hall–Kier alpha value is -1.42. The number of benzene rings is 1. The summed E-state index contributed by atoms with van der Waals surface area (Å²) in [5.41, 5.74) is 6.39. The summed E-state index contributed by atoms with van der Waals surface area (Å²) in [5.74, 6) is 1.44. The Balaban J connectivity index is 1.91. The van der Waals surface area contributed by atoms with Crippen molar-refractivity contribution in [2.75, 3.05) is 26.1 Å². The van der Waals surface area contributed by atoms with Gasteiger partial charge in [0.15, 0.2) is 0 Å². The highest BCUT2D eigenvalue weighted by Gasteiger charge is 2.14. The van der Waals surface area contributed by atoms with E-state index in [2.05, 4.69) is 0 Å². The van der Waals surface area contributed by atoms with E-state index < -0.39 is 0 Å². The maximum atomic E-state index is 5.75. The standard InChI is InChI=1S/C13H19NO3/c1-15-12-6-10(14)7-13(8-12)17-9-11-4-2-3-5-16-11/h6-8,11H,2-5,9,14H2,1H3.